The maximum atomic E-state index is 12.1. The number of rotatable bonds is 3. The summed E-state index contributed by atoms with van der Waals surface area (Å²) in [7, 11) is 0. The van der Waals surface area contributed by atoms with E-state index < -0.39 is 0 Å². The summed E-state index contributed by atoms with van der Waals surface area (Å²) in [5.41, 5.74) is 1.61. The number of fused-ring (bicyclic) bond motifs is 1. The number of carbonyl (C=O) groups excluding carboxylic acids is 1. The molecule has 2 aromatic carbocycles. The van der Waals surface area contributed by atoms with Gasteiger partial charge in [0.25, 0.3) is 0 Å². The Labute approximate surface area is 126 Å². The van der Waals surface area contributed by atoms with Crippen molar-refractivity contribution in [2.45, 2.75) is 6.54 Å². The van der Waals surface area contributed by atoms with Crippen molar-refractivity contribution in [1.82, 2.24) is 4.57 Å². The van der Waals surface area contributed by atoms with Crippen LogP contribution in [0.3, 0.4) is 0 Å². The van der Waals surface area contributed by atoms with Crippen molar-refractivity contribution in [3.63, 3.8) is 0 Å². The van der Waals surface area contributed by atoms with Crippen LogP contribution in [0, 0.1) is 0 Å². The summed E-state index contributed by atoms with van der Waals surface area (Å²) in [6.45, 7) is 0.214. The van der Waals surface area contributed by atoms with Gasteiger partial charge in [-0.05, 0) is 48.5 Å². The molecule has 3 aromatic rings. The lowest BCUT2D eigenvalue weighted by atomic mass is 10.2. The van der Waals surface area contributed by atoms with Crippen LogP contribution in [0.4, 0.5) is 5.69 Å². The van der Waals surface area contributed by atoms with Crippen LogP contribution in [0.15, 0.2) is 54.7 Å². The molecule has 0 aliphatic rings. The number of nitrogens with zero attached hydrogens (tertiary/aromatic N) is 1. The van der Waals surface area contributed by atoms with Crippen molar-refractivity contribution in [3.8, 4) is 5.75 Å². The Kier molecular flexibility index (Phi) is 3.54. The minimum absolute atomic E-state index is 0.131. The van der Waals surface area contributed by atoms with E-state index in [-0.39, 0.29) is 18.2 Å². The van der Waals surface area contributed by atoms with Crippen molar-refractivity contribution >= 4 is 34.1 Å². The van der Waals surface area contributed by atoms with Crippen LogP contribution in [0.25, 0.3) is 10.9 Å². The van der Waals surface area contributed by atoms with Gasteiger partial charge in [-0.3, -0.25) is 4.79 Å². The topological polar surface area (TPSA) is 54.3 Å². The molecule has 21 heavy (non-hydrogen) atoms. The van der Waals surface area contributed by atoms with Crippen molar-refractivity contribution in [2.75, 3.05) is 5.32 Å². The highest BCUT2D eigenvalue weighted by atomic mass is 35.5. The smallest absolute Gasteiger partial charge is 0.244 e. The predicted molar refractivity (Wildman–Crippen MR) is 83.7 cm³/mol. The molecule has 106 valence electrons. The Hall–Kier alpha value is -2.46. The second-order valence-electron chi connectivity index (χ2n) is 4.74. The average Bonchev–Trinajstić information content (AvgIpc) is 2.83. The molecule has 0 aliphatic heterocycles. The SMILES string of the molecule is O=C(Cn1ccc2cc(Cl)ccc21)Nc1ccc(O)cc1. The monoisotopic (exact) mass is 300 g/mol. The van der Waals surface area contributed by atoms with E-state index in [0.717, 1.165) is 10.9 Å². The number of carbonyl (C=O) groups is 1. The van der Waals surface area contributed by atoms with E-state index in [9.17, 15) is 9.90 Å². The highest BCUT2D eigenvalue weighted by Gasteiger charge is 2.07. The molecule has 0 spiro atoms. The van der Waals surface area contributed by atoms with Gasteiger partial charge in [-0.15, -0.1) is 0 Å². The number of nitrogens with one attached hydrogen (secondary N) is 1. The van der Waals surface area contributed by atoms with E-state index >= 15 is 0 Å². The van der Waals surface area contributed by atoms with Crippen LogP contribution in [0.1, 0.15) is 0 Å². The minimum Gasteiger partial charge on any atom is -0.508 e. The predicted octanol–water partition coefficient (Wildman–Crippen LogP) is 3.64. The van der Waals surface area contributed by atoms with Gasteiger partial charge in [0.05, 0.1) is 0 Å². The lowest BCUT2D eigenvalue weighted by Crippen LogP contribution is -2.18. The number of hydrogen-bond donors (Lipinski definition) is 2. The van der Waals surface area contributed by atoms with Gasteiger partial charge in [0.1, 0.15) is 12.3 Å². The third-order valence-electron chi connectivity index (χ3n) is 3.20. The van der Waals surface area contributed by atoms with E-state index in [1.807, 2.05) is 29.0 Å². The summed E-state index contributed by atoms with van der Waals surface area (Å²) in [6.07, 6.45) is 1.86. The van der Waals surface area contributed by atoms with Crippen molar-refractivity contribution in [1.29, 1.82) is 0 Å². The van der Waals surface area contributed by atoms with Gasteiger partial charge >= 0.3 is 0 Å². The molecule has 1 amide bonds. The number of amides is 1. The number of phenols is 1. The Balaban J connectivity index is 1.75. The molecule has 0 bridgehead atoms. The van der Waals surface area contributed by atoms with E-state index in [4.69, 9.17) is 11.6 Å². The minimum atomic E-state index is -0.131. The van der Waals surface area contributed by atoms with E-state index in [2.05, 4.69) is 5.32 Å². The van der Waals surface area contributed by atoms with Gasteiger partial charge < -0.3 is 15.0 Å². The maximum absolute atomic E-state index is 12.1. The molecular formula is C16H13ClN2O2. The highest BCUT2D eigenvalue weighted by Crippen LogP contribution is 2.20. The zero-order valence-electron chi connectivity index (χ0n) is 11.1. The van der Waals surface area contributed by atoms with Crippen molar-refractivity contribution in [2.24, 2.45) is 0 Å². The standard InChI is InChI=1S/C16H13ClN2O2/c17-12-1-6-15-11(9-12)7-8-19(15)10-16(21)18-13-2-4-14(20)5-3-13/h1-9,20H,10H2,(H,18,21). The molecular weight excluding hydrogens is 288 g/mol. The first kappa shape index (κ1) is 13.5. The zero-order valence-corrected chi connectivity index (χ0v) is 11.8. The van der Waals surface area contributed by atoms with Crippen LogP contribution in [0.2, 0.25) is 5.02 Å². The first-order valence-corrected chi connectivity index (χ1v) is 6.83. The van der Waals surface area contributed by atoms with Gasteiger partial charge in [-0.1, -0.05) is 11.6 Å². The summed E-state index contributed by atoms with van der Waals surface area (Å²) in [5.74, 6) is 0.0365. The van der Waals surface area contributed by atoms with Gasteiger partial charge in [-0.2, -0.15) is 0 Å². The third kappa shape index (κ3) is 3.01. The van der Waals surface area contributed by atoms with Crippen LogP contribution in [-0.4, -0.2) is 15.6 Å². The molecule has 3 rings (SSSR count). The molecule has 0 unspecified atom stereocenters. The number of halogens is 1. The van der Waals surface area contributed by atoms with Crippen LogP contribution in [0.5, 0.6) is 5.75 Å². The summed E-state index contributed by atoms with van der Waals surface area (Å²) in [4.78, 5) is 12.1. The molecule has 0 atom stereocenters. The molecule has 1 heterocycles. The molecule has 0 saturated heterocycles. The van der Waals surface area contributed by atoms with Gasteiger partial charge in [0.2, 0.25) is 5.91 Å². The first-order valence-electron chi connectivity index (χ1n) is 6.45. The molecule has 1 aromatic heterocycles. The zero-order chi connectivity index (χ0) is 14.8. The lowest BCUT2D eigenvalue weighted by molar-refractivity contribution is -0.116. The van der Waals surface area contributed by atoms with E-state index in [1.54, 1.807) is 18.2 Å². The largest absolute Gasteiger partial charge is 0.508 e. The number of aromatic hydroxyl groups is 1. The number of phenolic OH excluding ortho intramolecular Hbond substituents is 1. The van der Waals surface area contributed by atoms with Crippen LogP contribution in [-0.2, 0) is 11.3 Å². The number of hydrogen-bond acceptors (Lipinski definition) is 2. The summed E-state index contributed by atoms with van der Waals surface area (Å²) < 4.78 is 1.86. The molecule has 0 radical (unpaired) electrons. The van der Waals surface area contributed by atoms with Crippen LogP contribution >= 0.6 is 11.6 Å². The highest BCUT2D eigenvalue weighted by molar-refractivity contribution is 6.31. The van der Waals surface area contributed by atoms with E-state index in [0.29, 0.717) is 10.7 Å². The first-order chi connectivity index (χ1) is 10.1. The summed E-state index contributed by atoms with van der Waals surface area (Å²) in [5, 5.41) is 13.7. The Morgan fingerprint density at radius 1 is 1.14 bits per heavy atom. The van der Waals surface area contributed by atoms with Gasteiger partial charge in [0.15, 0.2) is 0 Å². The molecule has 4 nitrogen and oxygen atoms in total. The molecule has 0 fully saturated rings. The Bertz CT molecular complexity index is 794. The van der Waals surface area contributed by atoms with Crippen molar-refractivity contribution in [3.05, 3.63) is 59.8 Å². The molecule has 0 saturated carbocycles. The second-order valence-corrected chi connectivity index (χ2v) is 5.18. The molecule has 5 heteroatoms. The van der Waals surface area contributed by atoms with Gasteiger partial charge in [-0.25, -0.2) is 0 Å². The molecule has 2 N–H and O–H groups in total. The fraction of sp³-hybridized carbons (Fsp3) is 0.0625. The average molecular weight is 301 g/mol. The second kappa shape index (κ2) is 5.50. The van der Waals surface area contributed by atoms with E-state index in [1.165, 1.54) is 12.1 Å². The number of aromatic nitrogens is 1. The Morgan fingerprint density at radius 2 is 1.90 bits per heavy atom. The summed E-state index contributed by atoms with van der Waals surface area (Å²) >= 11 is 5.94. The quantitative estimate of drug-likeness (QED) is 0.726. The summed E-state index contributed by atoms with van der Waals surface area (Å²) in [6, 6.07) is 13.9. The number of benzene rings is 2. The molecule has 0 aliphatic carbocycles. The third-order valence-corrected chi connectivity index (χ3v) is 3.43. The Morgan fingerprint density at radius 3 is 2.67 bits per heavy atom. The number of anilines is 1. The lowest BCUT2D eigenvalue weighted by Gasteiger charge is -2.07. The van der Waals surface area contributed by atoms with Crippen molar-refractivity contribution < 1.29 is 9.90 Å². The maximum Gasteiger partial charge on any atom is 0.244 e. The van der Waals surface area contributed by atoms with Gasteiger partial charge in [0, 0.05) is 27.8 Å². The fourth-order valence-electron chi connectivity index (χ4n) is 2.21. The van der Waals surface area contributed by atoms with Crippen LogP contribution < -0.4 is 5.32 Å². The fourth-order valence-corrected chi connectivity index (χ4v) is 2.39. The normalized spacial score (nSPS) is 10.7.